The van der Waals surface area contributed by atoms with E-state index in [1.807, 2.05) is 0 Å². The Bertz CT molecular complexity index is 247. The zero-order valence-electron chi connectivity index (χ0n) is 7.88. The molecule has 72 valence electrons. The average Bonchev–Trinajstić information content (AvgIpc) is 2.60. The van der Waals surface area contributed by atoms with Gasteiger partial charge in [-0.05, 0) is 32.1 Å². The van der Waals surface area contributed by atoms with Crippen LogP contribution in [-0.4, -0.2) is 10.9 Å². The third-order valence-electron chi connectivity index (χ3n) is 3.59. The Morgan fingerprint density at radius 1 is 1.15 bits per heavy atom. The number of hydrogen-bond acceptors (Lipinski definition) is 2. The molecular weight excluding hydrogens is 164 g/mol. The van der Waals surface area contributed by atoms with Crippen LogP contribution < -0.4 is 0 Å². The van der Waals surface area contributed by atoms with Crippen molar-refractivity contribution < 1.29 is 9.90 Å². The maximum absolute atomic E-state index is 12.0. The normalized spacial score (nSPS) is 30.2. The monoisotopic (exact) mass is 180 g/mol. The molecule has 0 aromatic heterocycles. The Labute approximate surface area is 78.6 Å². The fourth-order valence-corrected chi connectivity index (χ4v) is 2.84. The van der Waals surface area contributed by atoms with Gasteiger partial charge in [-0.15, -0.1) is 0 Å². The van der Waals surface area contributed by atoms with Crippen LogP contribution in [0.2, 0.25) is 0 Å². The molecule has 2 heteroatoms. The van der Waals surface area contributed by atoms with E-state index in [2.05, 4.69) is 0 Å². The molecule has 0 aromatic carbocycles. The van der Waals surface area contributed by atoms with Crippen molar-refractivity contribution in [2.75, 3.05) is 0 Å². The lowest BCUT2D eigenvalue weighted by molar-refractivity contribution is -0.126. The van der Waals surface area contributed by atoms with Crippen molar-refractivity contribution in [3.63, 3.8) is 0 Å². The highest BCUT2D eigenvalue weighted by molar-refractivity contribution is 6.00. The fraction of sp³-hybridized carbons (Fsp3) is 0.727. The van der Waals surface area contributed by atoms with Crippen molar-refractivity contribution in [3.05, 3.63) is 11.8 Å². The first-order chi connectivity index (χ1) is 6.28. The maximum Gasteiger partial charge on any atom is 0.168 e. The molecule has 0 aromatic rings. The molecule has 0 radical (unpaired) electrons. The molecule has 0 unspecified atom stereocenters. The molecule has 2 rings (SSSR count). The van der Waals surface area contributed by atoms with Gasteiger partial charge in [0, 0.05) is 11.0 Å². The van der Waals surface area contributed by atoms with Crippen molar-refractivity contribution in [1.82, 2.24) is 0 Å². The van der Waals surface area contributed by atoms with Gasteiger partial charge in [-0.1, -0.05) is 12.8 Å². The lowest BCUT2D eigenvalue weighted by Crippen LogP contribution is -2.33. The van der Waals surface area contributed by atoms with E-state index in [1.165, 1.54) is 12.8 Å². The van der Waals surface area contributed by atoms with E-state index in [1.54, 1.807) is 0 Å². The predicted molar refractivity (Wildman–Crippen MR) is 50.5 cm³/mol. The molecule has 0 bridgehead atoms. The summed E-state index contributed by atoms with van der Waals surface area (Å²) < 4.78 is 0. The minimum atomic E-state index is -0.0627. The summed E-state index contributed by atoms with van der Waals surface area (Å²) >= 11 is 0. The third kappa shape index (κ3) is 1.28. The first kappa shape index (κ1) is 8.79. The predicted octanol–water partition coefficient (Wildman–Crippen LogP) is 2.74. The Kier molecular flexibility index (Phi) is 2.14. The van der Waals surface area contributed by atoms with Gasteiger partial charge in [0.1, 0.15) is 0 Å². The standard InChI is InChI=1S/C11H16O2/c12-8-9-4-3-7-11(10(9)13)5-1-2-6-11/h8,12H,1-7H2/b9-8-. The third-order valence-corrected chi connectivity index (χ3v) is 3.59. The summed E-state index contributed by atoms with van der Waals surface area (Å²) in [6.07, 6.45) is 8.38. The van der Waals surface area contributed by atoms with Gasteiger partial charge in [0.05, 0.1) is 6.26 Å². The molecule has 1 N–H and O–H groups in total. The van der Waals surface area contributed by atoms with Crippen molar-refractivity contribution in [2.45, 2.75) is 44.9 Å². The molecule has 0 aliphatic heterocycles. The summed E-state index contributed by atoms with van der Waals surface area (Å²) in [5.41, 5.74) is 0.598. The smallest absolute Gasteiger partial charge is 0.168 e. The van der Waals surface area contributed by atoms with E-state index in [-0.39, 0.29) is 11.2 Å². The van der Waals surface area contributed by atoms with Crippen LogP contribution in [-0.2, 0) is 4.79 Å². The lowest BCUT2D eigenvalue weighted by Gasteiger charge is -2.32. The molecule has 0 saturated heterocycles. The van der Waals surface area contributed by atoms with E-state index in [9.17, 15) is 4.79 Å². The number of ketones is 1. The van der Waals surface area contributed by atoms with Gasteiger partial charge in [-0.3, -0.25) is 4.79 Å². The van der Waals surface area contributed by atoms with E-state index >= 15 is 0 Å². The Hall–Kier alpha value is -0.790. The fourth-order valence-electron chi connectivity index (χ4n) is 2.84. The SMILES string of the molecule is O=C1/C(=C\O)CCCC12CCCC2. The highest BCUT2D eigenvalue weighted by atomic mass is 16.2. The Morgan fingerprint density at radius 3 is 2.38 bits per heavy atom. The highest BCUT2D eigenvalue weighted by Gasteiger charge is 2.43. The van der Waals surface area contributed by atoms with Crippen LogP contribution in [0.25, 0.3) is 0 Å². The number of aliphatic hydroxyl groups is 1. The summed E-state index contributed by atoms with van der Waals surface area (Å²) in [4.78, 5) is 12.0. The molecule has 0 amide bonds. The first-order valence-corrected chi connectivity index (χ1v) is 5.17. The molecule has 2 saturated carbocycles. The lowest BCUT2D eigenvalue weighted by atomic mass is 9.70. The number of Topliss-reactive ketones (excluding diaryl/α,β-unsaturated/α-hetero) is 1. The second-order valence-corrected chi connectivity index (χ2v) is 4.32. The zero-order chi connectivity index (χ0) is 9.31. The maximum atomic E-state index is 12.0. The van der Waals surface area contributed by atoms with Crippen LogP contribution in [0.3, 0.4) is 0 Å². The van der Waals surface area contributed by atoms with Crippen molar-refractivity contribution in [3.8, 4) is 0 Å². The van der Waals surface area contributed by atoms with Gasteiger partial charge in [-0.2, -0.15) is 0 Å². The van der Waals surface area contributed by atoms with Crippen molar-refractivity contribution in [1.29, 1.82) is 0 Å². The van der Waals surface area contributed by atoms with Crippen molar-refractivity contribution in [2.24, 2.45) is 5.41 Å². The average molecular weight is 180 g/mol. The van der Waals surface area contributed by atoms with Gasteiger partial charge in [0.25, 0.3) is 0 Å². The quantitative estimate of drug-likeness (QED) is 0.459. The topological polar surface area (TPSA) is 37.3 Å². The number of carbonyl (C=O) groups is 1. The summed E-state index contributed by atoms with van der Waals surface area (Å²) in [5.74, 6) is 0.235. The number of carbonyl (C=O) groups excluding carboxylic acids is 1. The Morgan fingerprint density at radius 2 is 1.77 bits per heavy atom. The van der Waals surface area contributed by atoms with E-state index in [0.29, 0.717) is 5.57 Å². The van der Waals surface area contributed by atoms with Crippen molar-refractivity contribution >= 4 is 5.78 Å². The molecule has 2 nitrogen and oxygen atoms in total. The molecular formula is C11H16O2. The Balaban J connectivity index is 2.24. The van der Waals surface area contributed by atoms with Crippen LogP contribution in [0.5, 0.6) is 0 Å². The molecule has 2 fully saturated rings. The van der Waals surface area contributed by atoms with Gasteiger partial charge in [-0.25, -0.2) is 0 Å². The minimum Gasteiger partial charge on any atom is -0.515 e. The van der Waals surface area contributed by atoms with E-state index in [4.69, 9.17) is 5.11 Å². The minimum absolute atomic E-state index is 0.0627. The van der Waals surface area contributed by atoms with Crippen LogP contribution in [0.4, 0.5) is 0 Å². The summed E-state index contributed by atoms with van der Waals surface area (Å²) in [6.45, 7) is 0. The van der Waals surface area contributed by atoms with E-state index in [0.717, 1.165) is 38.4 Å². The molecule has 0 atom stereocenters. The summed E-state index contributed by atoms with van der Waals surface area (Å²) in [5, 5.41) is 8.92. The molecule has 13 heavy (non-hydrogen) atoms. The zero-order valence-corrected chi connectivity index (χ0v) is 7.88. The number of hydrogen-bond donors (Lipinski definition) is 1. The largest absolute Gasteiger partial charge is 0.515 e. The summed E-state index contributed by atoms with van der Waals surface area (Å²) in [6, 6.07) is 0. The van der Waals surface area contributed by atoms with Crippen LogP contribution >= 0.6 is 0 Å². The molecule has 1 spiro atoms. The molecule has 2 aliphatic rings. The van der Waals surface area contributed by atoms with Gasteiger partial charge in [0.15, 0.2) is 5.78 Å². The first-order valence-electron chi connectivity index (χ1n) is 5.17. The highest BCUT2D eigenvalue weighted by Crippen LogP contribution is 2.47. The van der Waals surface area contributed by atoms with Gasteiger partial charge < -0.3 is 5.11 Å². The summed E-state index contributed by atoms with van der Waals surface area (Å²) in [7, 11) is 0. The molecule has 0 heterocycles. The number of rotatable bonds is 0. The van der Waals surface area contributed by atoms with E-state index < -0.39 is 0 Å². The van der Waals surface area contributed by atoms with Crippen LogP contribution in [0.15, 0.2) is 11.8 Å². The van der Waals surface area contributed by atoms with Gasteiger partial charge >= 0.3 is 0 Å². The van der Waals surface area contributed by atoms with Crippen LogP contribution in [0, 0.1) is 5.41 Å². The number of allylic oxidation sites excluding steroid dienone is 1. The van der Waals surface area contributed by atoms with Crippen LogP contribution in [0.1, 0.15) is 44.9 Å². The second kappa shape index (κ2) is 3.17. The second-order valence-electron chi connectivity index (χ2n) is 4.32. The molecule has 2 aliphatic carbocycles. The van der Waals surface area contributed by atoms with Gasteiger partial charge in [0.2, 0.25) is 0 Å². The number of aliphatic hydroxyl groups excluding tert-OH is 1.